The molecule has 1 aromatic rings. The van der Waals surface area contributed by atoms with Gasteiger partial charge in [-0.2, -0.15) is 0 Å². The van der Waals surface area contributed by atoms with Gasteiger partial charge in [-0.05, 0) is 0 Å². The maximum atomic E-state index is 10.5. The number of hydrogen-bond acceptors (Lipinski definition) is 4. The van der Waals surface area contributed by atoms with Crippen LogP contribution in [-0.4, -0.2) is 19.8 Å². The van der Waals surface area contributed by atoms with Crippen molar-refractivity contribution in [3.8, 4) is 6.01 Å². The van der Waals surface area contributed by atoms with E-state index in [0.717, 1.165) is 12.3 Å². The van der Waals surface area contributed by atoms with Crippen LogP contribution < -0.4 is 10.1 Å². The molecule has 0 atom stereocenters. The van der Waals surface area contributed by atoms with Gasteiger partial charge in [-0.3, -0.25) is 19.6 Å². The largest absolute Gasteiger partial charge is 0.527 e. The van der Waals surface area contributed by atoms with Crippen LogP contribution in [0, 0.1) is 0 Å². The number of aromatic amines is 1. The fraction of sp³-hybridized carbons (Fsp3) is 0. The minimum Gasteiger partial charge on any atom is -0.370 e. The lowest BCUT2D eigenvalue weighted by molar-refractivity contribution is 0.275. The Balaban J connectivity index is 2.91. The van der Waals surface area contributed by atoms with Crippen molar-refractivity contribution in [2.45, 2.75) is 0 Å². The first kappa shape index (κ1) is 8.92. The molecule has 8 heteroatoms. The molecule has 1 rings (SSSR count). The fourth-order valence-electron chi connectivity index (χ4n) is 0.511. The topological polar surface area (TPSA) is 113 Å². The molecular formula is C4H5N2O5P. The molecule has 7 nitrogen and oxygen atoms in total. The summed E-state index contributed by atoms with van der Waals surface area (Å²) in [5.74, 6) is 0. The van der Waals surface area contributed by atoms with Gasteiger partial charge in [0, 0.05) is 12.3 Å². The van der Waals surface area contributed by atoms with Crippen molar-refractivity contribution in [1.29, 1.82) is 0 Å². The highest BCUT2D eigenvalue weighted by atomic mass is 31.2. The zero-order valence-corrected chi connectivity index (χ0v) is 6.56. The van der Waals surface area contributed by atoms with Crippen LogP contribution >= 0.6 is 7.82 Å². The monoisotopic (exact) mass is 192 g/mol. The van der Waals surface area contributed by atoms with Crippen molar-refractivity contribution >= 4 is 7.82 Å². The van der Waals surface area contributed by atoms with Gasteiger partial charge in [0.15, 0.2) is 0 Å². The molecule has 0 radical (unpaired) electrons. The predicted molar refractivity (Wildman–Crippen MR) is 37.5 cm³/mol. The van der Waals surface area contributed by atoms with Crippen LogP contribution in [0.15, 0.2) is 17.1 Å². The van der Waals surface area contributed by atoms with Crippen LogP contribution in [-0.2, 0) is 4.57 Å². The van der Waals surface area contributed by atoms with E-state index >= 15 is 0 Å². The number of hydrogen-bond donors (Lipinski definition) is 3. The van der Waals surface area contributed by atoms with Crippen molar-refractivity contribution in [3.05, 3.63) is 22.6 Å². The van der Waals surface area contributed by atoms with Gasteiger partial charge in [-0.15, -0.1) is 0 Å². The van der Waals surface area contributed by atoms with Gasteiger partial charge >= 0.3 is 13.8 Å². The maximum absolute atomic E-state index is 10.5. The highest BCUT2D eigenvalue weighted by Gasteiger charge is 2.16. The first-order chi connectivity index (χ1) is 5.47. The first-order valence-corrected chi connectivity index (χ1v) is 4.31. The van der Waals surface area contributed by atoms with E-state index in [-0.39, 0.29) is 0 Å². The predicted octanol–water partition coefficient (Wildman–Crippen LogP) is -0.759. The normalized spacial score (nSPS) is 11.2. The molecule has 0 aliphatic heterocycles. The van der Waals surface area contributed by atoms with E-state index in [2.05, 4.69) is 9.51 Å². The third kappa shape index (κ3) is 2.83. The van der Waals surface area contributed by atoms with Gasteiger partial charge in [-0.25, -0.2) is 9.55 Å². The van der Waals surface area contributed by atoms with Crippen LogP contribution in [0.3, 0.4) is 0 Å². The summed E-state index contributed by atoms with van der Waals surface area (Å²) in [6.07, 6.45) is 1.07. The van der Waals surface area contributed by atoms with Crippen LogP contribution in [0.1, 0.15) is 0 Å². The SMILES string of the molecule is O=c1ccnc(OP(=O)(O)O)[nH]1. The minimum atomic E-state index is -4.64. The Labute approximate surface area is 66.3 Å². The number of nitrogens with one attached hydrogen (secondary N) is 1. The van der Waals surface area contributed by atoms with E-state index in [1.165, 1.54) is 0 Å². The molecule has 0 spiro atoms. The van der Waals surface area contributed by atoms with Gasteiger partial charge in [0.2, 0.25) is 0 Å². The molecule has 1 heterocycles. The highest BCUT2D eigenvalue weighted by molar-refractivity contribution is 7.46. The van der Waals surface area contributed by atoms with Crippen LogP contribution in [0.2, 0.25) is 0 Å². The Bertz CT molecular complexity index is 368. The van der Waals surface area contributed by atoms with Gasteiger partial charge in [0.25, 0.3) is 5.56 Å². The zero-order valence-electron chi connectivity index (χ0n) is 5.67. The molecule has 0 aliphatic rings. The Kier molecular flexibility index (Phi) is 2.27. The third-order valence-corrected chi connectivity index (χ3v) is 1.26. The Morgan fingerprint density at radius 3 is 2.75 bits per heavy atom. The second-order valence-corrected chi connectivity index (χ2v) is 2.98. The standard InChI is InChI=1S/C4H5N2O5P/c7-3-1-2-5-4(6-3)11-12(8,9)10/h1-2H,(H,5,6,7)(H2,8,9,10). The van der Waals surface area contributed by atoms with Gasteiger partial charge < -0.3 is 4.52 Å². The fourth-order valence-corrected chi connectivity index (χ4v) is 0.829. The van der Waals surface area contributed by atoms with Gasteiger partial charge in [-0.1, -0.05) is 0 Å². The quantitative estimate of drug-likeness (QED) is 0.531. The summed E-state index contributed by atoms with van der Waals surface area (Å²) in [5.41, 5.74) is -0.548. The smallest absolute Gasteiger partial charge is 0.370 e. The van der Waals surface area contributed by atoms with E-state index in [4.69, 9.17) is 9.79 Å². The molecule has 1 aromatic heterocycles. The van der Waals surface area contributed by atoms with E-state index in [0.29, 0.717) is 0 Å². The van der Waals surface area contributed by atoms with E-state index in [1.807, 2.05) is 4.98 Å². The lowest BCUT2D eigenvalue weighted by Crippen LogP contribution is -2.06. The molecule has 0 bridgehead atoms. The van der Waals surface area contributed by atoms with Crippen molar-refractivity contribution < 1.29 is 18.9 Å². The van der Waals surface area contributed by atoms with E-state index in [9.17, 15) is 9.36 Å². The number of phosphoric ester groups is 1. The van der Waals surface area contributed by atoms with Crippen LogP contribution in [0.25, 0.3) is 0 Å². The lowest BCUT2D eigenvalue weighted by Gasteiger charge is -2.02. The zero-order chi connectivity index (χ0) is 9.19. The summed E-state index contributed by atoms with van der Waals surface area (Å²) in [4.78, 5) is 32.5. The highest BCUT2D eigenvalue weighted by Crippen LogP contribution is 2.34. The molecule has 0 aliphatic carbocycles. The first-order valence-electron chi connectivity index (χ1n) is 2.78. The summed E-state index contributed by atoms with van der Waals surface area (Å²) in [6, 6.07) is 0.586. The summed E-state index contributed by atoms with van der Waals surface area (Å²) >= 11 is 0. The summed E-state index contributed by atoms with van der Waals surface area (Å²) < 4.78 is 14.2. The minimum absolute atomic E-state index is 0.504. The number of H-pyrrole nitrogens is 1. The lowest BCUT2D eigenvalue weighted by atomic mass is 10.7. The summed E-state index contributed by atoms with van der Waals surface area (Å²) in [7, 11) is -4.64. The molecule has 12 heavy (non-hydrogen) atoms. The molecule has 0 fully saturated rings. The molecular weight excluding hydrogens is 187 g/mol. The summed E-state index contributed by atoms with van der Waals surface area (Å²) in [6.45, 7) is 0. The Hall–Kier alpha value is -1.17. The second kappa shape index (κ2) is 3.06. The average molecular weight is 192 g/mol. The summed E-state index contributed by atoms with van der Waals surface area (Å²) in [5, 5.41) is 0. The Morgan fingerprint density at radius 2 is 2.25 bits per heavy atom. The van der Waals surface area contributed by atoms with Crippen molar-refractivity contribution in [1.82, 2.24) is 9.97 Å². The molecule has 3 N–H and O–H groups in total. The number of rotatable bonds is 2. The van der Waals surface area contributed by atoms with Crippen LogP contribution in [0.4, 0.5) is 0 Å². The molecule has 0 saturated carbocycles. The molecule has 0 unspecified atom stereocenters. The molecule has 0 saturated heterocycles. The number of phosphoric acid groups is 1. The third-order valence-electron chi connectivity index (χ3n) is 0.853. The van der Waals surface area contributed by atoms with E-state index < -0.39 is 19.4 Å². The van der Waals surface area contributed by atoms with Crippen molar-refractivity contribution in [2.75, 3.05) is 0 Å². The second-order valence-electron chi connectivity index (χ2n) is 1.82. The van der Waals surface area contributed by atoms with Gasteiger partial charge in [0.05, 0.1) is 0 Å². The molecule has 0 amide bonds. The van der Waals surface area contributed by atoms with E-state index in [1.54, 1.807) is 0 Å². The molecule has 66 valence electrons. The molecule has 0 aromatic carbocycles. The Morgan fingerprint density at radius 1 is 1.58 bits per heavy atom. The number of aromatic nitrogens is 2. The van der Waals surface area contributed by atoms with Crippen LogP contribution in [0.5, 0.6) is 6.01 Å². The van der Waals surface area contributed by atoms with Gasteiger partial charge in [0.1, 0.15) is 0 Å². The average Bonchev–Trinajstić information content (AvgIpc) is 1.82. The number of nitrogens with zero attached hydrogens (tertiary/aromatic N) is 1. The maximum Gasteiger partial charge on any atom is 0.527 e. The van der Waals surface area contributed by atoms with Crippen molar-refractivity contribution in [3.63, 3.8) is 0 Å². The van der Waals surface area contributed by atoms with Crippen molar-refractivity contribution in [2.24, 2.45) is 0 Å².